The van der Waals surface area contributed by atoms with Crippen LogP contribution in [0, 0.1) is 0 Å². The Balaban J connectivity index is 1.82. The van der Waals surface area contributed by atoms with Crippen LogP contribution in [0.25, 0.3) is 0 Å². The Kier molecular flexibility index (Phi) is 10.2. The number of ether oxygens (including phenoxy) is 1. The van der Waals surface area contributed by atoms with Gasteiger partial charge in [-0.1, -0.05) is 39.7 Å². The highest BCUT2D eigenvalue weighted by molar-refractivity contribution is 9.10. The van der Waals surface area contributed by atoms with Crippen molar-refractivity contribution in [2.24, 2.45) is 0 Å². The molecule has 1 amide bonds. The van der Waals surface area contributed by atoms with Gasteiger partial charge >= 0.3 is 6.18 Å². The van der Waals surface area contributed by atoms with Gasteiger partial charge in [0.15, 0.2) is 5.78 Å². The number of halogens is 7. The SMILES string of the molecule is O=C(Cc1ccc(OCC(F)F)c(C(=O)Nc2ccc(Br)cc2)c1)c1cc(CCC(=O)C(F)(F)F)ccc1Cl. The molecular weight excluding hydrogens is 613 g/mol. The third kappa shape index (κ3) is 8.86. The number of hydrogen-bond acceptors (Lipinski definition) is 4. The normalized spacial score (nSPS) is 11.4. The summed E-state index contributed by atoms with van der Waals surface area (Å²) in [5, 5.41) is 2.69. The number of amides is 1. The number of carbonyl (C=O) groups excluding carboxylic acids is 3. The maximum absolute atomic E-state index is 13.0. The quantitative estimate of drug-likeness (QED) is 0.176. The van der Waals surface area contributed by atoms with Crippen molar-refractivity contribution in [1.29, 1.82) is 0 Å². The molecule has 0 spiro atoms. The van der Waals surface area contributed by atoms with Crippen molar-refractivity contribution in [3.05, 3.63) is 92.4 Å². The Morgan fingerprint density at radius 1 is 0.923 bits per heavy atom. The summed E-state index contributed by atoms with van der Waals surface area (Å²) in [5.74, 6) is -3.17. The van der Waals surface area contributed by atoms with Crippen LogP contribution in [0.2, 0.25) is 5.02 Å². The highest BCUT2D eigenvalue weighted by Gasteiger charge is 2.37. The number of carbonyl (C=O) groups is 3. The van der Waals surface area contributed by atoms with Gasteiger partial charge < -0.3 is 10.1 Å². The van der Waals surface area contributed by atoms with Crippen molar-refractivity contribution < 1.29 is 41.1 Å². The van der Waals surface area contributed by atoms with Gasteiger partial charge in [-0.3, -0.25) is 14.4 Å². The number of ketones is 2. The fourth-order valence-electron chi connectivity index (χ4n) is 3.50. The highest BCUT2D eigenvalue weighted by Crippen LogP contribution is 2.26. The number of anilines is 1. The van der Waals surface area contributed by atoms with Crippen LogP contribution in [-0.2, 0) is 17.6 Å². The molecule has 0 unspecified atom stereocenters. The molecule has 0 aromatic heterocycles. The second kappa shape index (κ2) is 13.2. The molecule has 206 valence electrons. The Hall–Kier alpha value is -3.31. The maximum atomic E-state index is 13.0. The van der Waals surface area contributed by atoms with E-state index >= 15 is 0 Å². The smallest absolute Gasteiger partial charge is 0.449 e. The molecule has 0 saturated carbocycles. The Labute approximate surface area is 233 Å². The molecule has 0 bridgehead atoms. The van der Waals surface area contributed by atoms with Crippen molar-refractivity contribution >= 4 is 50.7 Å². The van der Waals surface area contributed by atoms with E-state index in [4.69, 9.17) is 16.3 Å². The zero-order chi connectivity index (χ0) is 28.7. The first kappa shape index (κ1) is 30.2. The minimum Gasteiger partial charge on any atom is -0.487 e. The van der Waals surface area contributed by atoms with Gasteiger partial charge in [-0.2, -0.15) is 13.2 Å². The predicted octanol–water partition coefficient (Wildman–Crippen LogP) is 7.49. The van der Waals surface area contributed by atoms with Gasteiger partial charge in [0.2, 0.25) is 5.78 Å². The number of rotatable bonds is 11. The fraction of sp³-hybridized carbons (Fsp3) is 0.222. The van der Waals surface area contributed by atoms with E-state index in [0.29, 0.717) is 16.8 Å². The number of aryl methyl sites for hydroxylation is 1. The average molecular weight is 633 g/mol. The first-order valence-corrected chi connectivity index (χ1v) is 12.5. The lowest BCUT2D eigenvalue weighted by molar-refractivity contribution is -0.171. The molecule has 39 heavy (non-hydrogen) atoms. The van der Waals surface area contributed by atoms with Crippen molar-refractivity contribution in [3.63, 3.8) is 0 Å². The van der Waals surface area contributed by atoms with Gasteiger partial charge in [0.1, 0.15) is 12.4 Å². The number of alkyl halides is 5. The maximum Gasteiger partial charge on any atom is 0.449 e. The molecule has 0 heterocycles. The highest BCUT2D eigenvalue weighted by atomic mass is 79.9. The summed E-state index contributed by atoms with van der Waals surface area (Å²) < 4.78 is 68.9. The van der Waals surface area contributed by atoms with Crippen LogP contribution in [0.5, 0.6) is 5.75 Å². The van der Waals surface area contributed by atoms with E-state index in [1.807, 2.05) is 0 Å². The zero-order valence-electron chi connectivity index (χ0n) is 20.0. The summed E-state index contributed by atoms with van der Waals surface area (Å²) in [4.78, 5) is 37.2. The summed E-state index contributed by atoms with van der Waals surface area (Å²) in [6.45, 7) is -0.948. The lowest BCUT2D eigenvalue weighted by atomic mass is 9.97. The lowest BCUT2D eigenvalue weighted by Crippen LogP contribution is -2.22. The van der Waals surface area contributed by atoms with Gasteiger partial charge in [0.25, 0.3) is 12.3 Å². The van der Waals surface area contributed by atoms with Gasteiger partial charge in [0.05, 0.1) is 10.6 Å². The molecule has 3 aromatic rings. The van der Waals surface area contributed by atoms with Crippen LogP contribution < -0.4 is 10.1 Å². The van der Waals surface area contributed by atoms with Crippen LogP contribution in [0.1, 0.15) is 38.3 Å². The minimum atomic E-state index is -4.95. The molecule has 0 aliphatic heterocycles. The van der Waals surface area contributed by atoms with Crippen molar-refractivity contribution in [2.75, 3.05) is 11.9 Å². The summed E-state index contributed by atoms with van der Waals surface area (Å²) in [6.07, 6.45) is -9.02. The summed E-state index contributed by atoms with van der Waals surface area (Å²) in [7, 11) is 0. The van der Waals surface area contributed by atoms with E-state index in [-0.39, 0.29) is 34.7 Å². The van der Waals surface area contributed by atoms with E-state index in [9.17, 15) is 36.3 Å². The summed E-state index contributed by atoms with van der Waals surface area (Å²) in [5.41, 5.74) is 1.00. The molecule has 0 aliphatic rings. The fourth-order valence-corrected chi connectivity index (χ4v) is 3.98. The van der Waals surface area contributed by atoms with Crippen LogP contribution in [0.3, 0.4) is 0 Å². The topological polar surface area (TPSA) is 72.5 Å². The molecule has 0 aliphatic carbocycles. The average Bonchev–Trinajstić information content (AvgIpc) is 2.87. The third-order valence-corrected chi connectivity index (χ3v) is 6.27. The van der Waals surface area contributed by atoms with Gasteiger partial charge in [-0.15, -0.1) is 0 Å². The van der Waals surface area contributed by atoms with Crippen LogP contribution in [0.15, 0.2) is 65.1 Å². The number of hydrogen-bond donors (Lipinski definition) is 1. The molecule has 0 atom stereocenters. The molecule has 0 fully saturated rings. The summed E-state index contributed by atoms with van der Waals surface area (Å²) in [6, 6.07) is 14.7. The number of nitrogens with one attached hydrogen (secondary N) is 1. The molecule has 3 aromatic carbocycles. The Morgan fingerprint density at radius 3 is 2.21 bits per heavy atom. The van der Waals surface area contributed by atoms with E-state index < -0.39 is 43.1 Å². The predicted molar refractivity (Wildman–Crippen MR) is 139 cm³/mol. The molecule has 0 saturated heterocycles. The summed E-state index contributed by atoms with van der Waals surface area (Å²) >= 11 is 9.43. The number of benzene rings is 3. The van der Waals surface area contributed by atoms with Gasteiger partial charge in [-0.05, 0) is 66.1 Å². The van der Waals surface area contributed by atoms with E-state index in [1.54, 1.807) is 24.3 Å². The second-order valence-electron chi connectivity index (χ2n) is 8.33. The number of Topliss-reactive ketones (excluding diaryl/α,β-unsaturated/α-hetero) is 2. The largest absolute Gasteiger partial charge is 0.487 e. The standard InChI is InChI=1S/C27H20BrClF5NO4/c28-17-4-6-18(7-5-17)35-26(38)20-12-16(2-9-23(20)39-14-25(30)31)13-22(36)19-11-15(1-8-21(19)29)3-10-24(37)27(32,33)34/h1-2,4-9,11-12,25H,3,10,13-14H2,(H,35,38). The first-order valence-electron chi connectivity index (χ1n) is 11.4. The minimum absolute atomic E-state index is 0.0208. The second-order valence-corrected chi connectivity index (χ2v) is 9.65. The zero-order valence-corrected chi connectivity index (χ0v) is 22.3. The Morgan fingerprint density at radius 2 is 1.56 bits per heavy atom. The van der Waals surface area contributed by atoms with Crippen LogP contribution in [-0.4, -0.2) is 36.7 Å². The lowest BCUT2D eigenvalue weighted by Gasteiger charge is -2.14. The first-order chi connectivity index (χ1) is 18.3. The van der Waals surface area contributed by atoms with E-state index in [1.165, 1.54) is 36.4 Å². The van der Waals surface area contributed by atoms with E-state index in [0.717, 1.165) is 4.47 Å². The molecular formula is C27H20BrClF5NO4. The van der Waals surface area contributed by atoms with Crippen molar-refractivity contribution in [2.45, 2.75) is 31.9 Å². The van der Waals surface area contributed by atoms with Crippen LogP contribution >= 0.6 is 27.5 Å². The van der Waals surface area contributed by atoms with Gasteiger partial charge in [-0.25, -0.2) is 8.78 Å². The van der Waals surface area contributed by atoms with Crippen LogP contribution in [0.4, 0.5) is 27.6 Å². The van der Waals surface area contributed by atoms with Gasteiger partial charge in [0, 0.05) is 28.6 Å². The van der Waals surface area contributed by atoms with E-state index in [2.05, 4.69) is 21.2 Å². The van der Waals surface area contributed by atoms with Crippen molar-refractivity contribution in [3.8, 4) is 5.75 Å². The monoisotopic (exact) mass is 631 g/mol. The molecule has 1 N–H and O–H groups in total. The third-order valence-electron chi connectivity index (χ3n) is 5.41. The van der Waals surface area contributed by atoms with Crippen molar-refractivity contribution in [1.82, 2.24) is 0 Å². The Bertz CT molecular complexity index is 1360. The molecule has 5 nitrogen and oxygen atoms in total. The molecule has 0 radical (unpaired) electrons. The molecule has 3 rings (SSSR count). The molecule has 12 heteroatoms.